The number of unbranched alkanes of at least 4 members (excludes halogenated alkanes) is 28. The molecule has 0 radical (unpaired) electrons. The maximum Gasteiger partial charge on any atom is 0.335 e. The molecule has 0 amide bonds. The molecule has 0 aromatic heterocycles. The van der Waals surface area contributed by atoms with Gasteiger partial charge in [0.05, 0.1) is 0 Å². The molecule has 0 unspecified atom stereocenters. The molecule has 0 aromatic rings. The van der Waals surface area contributed by atoms with Crippen molar-refractivity contribution in [1.29, 1.82) is 0 Å². The van der Waals surface area contributed by atoms with Crippen molar-refractivity contribution in [3.63, 3.8) is 0 Å². The summed E-state index contributed by atoms with van der Waals surface area (Å²) in [7, 11) is -4.07. The number of hydrogen-bond donors (Lipinski definition) is 1. The summed E-state index contributed by atoms with van der Waals surface area (Å²) in [4.78, 5) is 0. The van der Waals surface area contributed by atoms with Gasteiger partial charge in [0.25, 0.3) is 0 Å². The Morgan fingerprint density at radius 1 is 0.359 bits per heavy atom. The van der Waals surface area contributed by atoms with E-state index in [1.54, 1.807) is 0 Å². The first-order chi connectivity index (χ1) is 19.0. The zero-order valence-corrected chi connectivity index (χ0v) is 27.6. The summed E-state index contributed by atoms with van der Waals surface area (Å²) in [5.74, 6) is 0. The van der Waals surface area contributed by atoms with E-state index in [2.05, 4.69) is 13.8 Å². The summed E-state index contributed by atoms with van der Waals surface area (Å²) in [6.45, 7) is 5.47. The van der Waals surface area contributed by atoms with Crippen LogP contribution in [0.4, 0.5) is 0 Å². The Hall–Kier alpha value is -0.130. The first-order valence-electron chi connectivity index (χ1n) is 17.7. The third-order valence-electron chi connectivity index (χ3n) is 8.35. The molecule has 0 aliphatic heterocycles. The van der Waals surface area contributed by atoms with Crippen molar-refractivity contribution in [3.05, 3.63) is 0 Å². The molecule has 0 bridgehead atoms. The average molecular weight is 574 g/mol. The standard InChI is InChI=1S/C34H71NO3S/c1-3-5-7-9-11-13-15-16-17-18-19-20-21-22-23-24-26-28-30-32-34-35(39(36,37)38)33-31-29-27-25-14-12-10-8-6-4-2/h3-34H2,1-2H3,(H,36,37,38). The van der Waals surface area contributed by atoms with Gasteiger partial charge in [0.1, 0.15) is 0 Å². The zero-order valence-electron chi connectivity index (χ0n) is 26.7. The van der Waals surface area contributed by atoms with E-state index in [1.165, 1.54) is 171 Å². The van der Waals surface area contributed by atoms with Crippen LogP contribution in [0, 0.1) is 0 Å². The molecule has 39 heavy (non-hydrogen) atoms. The largest absolute Gasteiger partial charge is 0.335 e. The molecule has 0 rings (SSSR count). The van der Waals surface area contributed by atoms with E-state index in [0.717, 1.165) is 25.7 Å². The van der Waals surface area contributed by atoms with E-state index in [9.17, 15) is 13.0 Å². The summed E-state index contributed by atoms with van der Waals surface area (Å²) in [6.07, 6.45) is 39.2. The van der Waals surface area contributed by atoms with Crippen LogP contribution in [0.2, 0.25) is 0 Å². The molecule has 0 aromatic carbocycles. The first-order valence-corrected chi connectivity index (χ1v) is 19.1. The molecular weight excluding hydrogens is 502 g/mol. The van der Waals surface area contributed by atoms with E-state index in [1.807, 2.05) is 0 Å². The van der Waals surface area contributed by atoms with E-state index in [4.69, 9.17) is 0 Å². The third-order valence-corrected chi connectivity index (χ3v) is 9.37. The lowest BCUT2D eigenvalue weighted by atomic mass is 10.0. The first kappa shape index (κ1) is 38.9. The number of rotatable bonds is 33. The quantitative estimate of drug-likeness (QED) is 0.0627. The Morgan fingerprint density at radius 3 is 0.718 bits per heavy atom. The van der Waals surface area contributed by atoms with Gasteiger partial charge >= 0.3 is 10.3 Å². The van der Waals surface area contributed by atoms with Crippen LogP contribution in [0.1, 0.15) is 206 Å². The minimum Gasteiger partial charge on any atom is -0.273 e. The second kappa shape index (κ2) is 30.8. The lowest BCUT2D eigenvalue weighted by Gasteiger charge is -2.18. The molecule has 0 aliphatic carbocycles. The molecule has 0 saturated carbocycles. The van der Waals surface area contributed by atoms with Gasteiger partial charge in [-0.05, 0) is 12.8 Å². The van der Waals surface area contributed by atoms with Crippen LogP contribution in [0.25, 0.3) is 0 Å². The predicted molar refractivity (Wildman–Crippen MR) is 173 cm³/mol. The predicted octanol–water partition coefficient (Wildman–Crippen LogP) is 11.8. The van der Waals surface area contributed by atoms with Gasteiger partial charge < -0.3 is 0 Å². The monoisotopic (exact) mass is 574 g/mol. The molecule has 0 aliphatic rings. The molecule has 0 atom stereocenters. The lowest BCUT2D eigenvalue weighted by molar-refractivity contribution is 0.335. The number of nitrogens with zero attached hydrogens (tertiary/aromatic N) is 1. The minimum atomic E-state index is -4.07. The van der Waals surface area contributed by atoms with E-state index in [-0.39, 0.29) is 0 Å². The highest BCUT2D eigenvalue weighted by molar-refractivity contribution is 7.83. The topological polar surface area (TPSA) is 57.6 Å². The van der Waals surface area contributed by atoms with E-state index < -0.39 is 10.3 Å². The third kappa shape index (κ3) is 30.7. The van der Waals surface area contributed by atoms with E-state index in [0.29, 0.717) is 13.1 Å². The van der Waals surface area contributed by atoms with Gasteiger partial charge in [-0.3, -0.25) is 4.55 Å². The van der Waals surface area contributed by atoms with Crippen LogP contribution in [0.3, 0.4) is 0 Å². The summed E-state index contributed by atoms with van der Waals surface area (Å²) in [6, 6.07) is 0. The Bertz CT molecular complexity index is 567. The van der Waals surface area contributed by atoms with Gasteiger partial charge in [0, 0.05) is 13.1 Å². The van der Waals surface area contributed by atoms with Gasteiger partial charge in [-0.15, -0.1) is 0 Å². The molecular formula is C34H71NO3S. The van der Waals surface area contributed by atoms with Crippen LogP contribution in [0.15, 0.2) is 0 Å². The van der Waals surface area contributed by atoms with Crippen molar-refractivity contribution in [2.45, 2.75) is 206 Å². The molecule has 236 valence electrons. The van der Waals surface area contributed by atoms with Crippen LogP contribution in [-0.2, 0) is 10.3 Å². The van der Waals surface area contributed by atoms with Crippen LogP contribution in [0.5, 0.6) is 0 Å². The van der Waals surface area contributed by atoms with Gasteiger partial charge in [-0.1, -0.05) is 194 Å². The van der Waals surface area contributed by atoms with Crippen molar-refractivity contribution < 1.29 is 13.0 Å². The molecule has 5 heteroatoms. The Morgan fingerprint density at radius 2 is 0.538 bits per heavy atom. The van der Waals surface area contributed by atoms with Crippen LogP contribution >= 0.6 is 0 Å². The molecule has 1 N–H and O–H groups in total. The fraction of sp³-hybridized carbons (Fsp3) is 1.00. The normalized spacial score (nSPS) is 12.1. The van der Waals surface area contributed by atoms with Crippen LogP contribution < -0.4 is 0 Å². The molecule has 0 fully saturated rings. The number of hydrogen-bond acceptors (Lipinski definition) is 2. The molecule has 0 heterocycles. The fourth-order valence-electron chi connectivity index (χ4n) is 5.66. The van der Waals surface area contributed by atoms with Crippen molar-refractivity contribution in [3.8, 4) is 0 Å². The molecule has 4 nitrogen and oxygen atoms in total. The van der Waals surface area contributed by atoms with Crippen molar-refractivity contribution in [2.75, 3.05) is 13.1 Å². The van der Waals surface area contributed by atoms with Crippen LogP contribution in [-0.4, -0.2) is 30.4 Å². The zero-order chi connectivity index (χ0) is 28.7. The van der Waals surface area contributed by atoms with Gasteiger partial charge in [-0.25, -0.2) is 0 Å². The Kier molecular flexibility index (Phi) is 30.7. The second-order valence-corrected chi connectivity index (χ2v) is 13.7. The Labute approximate surface area is 246 Å². The minimum absolute atomic E-state index is 0.467. The highest BCUT2D eigenvalue weighted by atomic mass is 32.2. The summed E-state index contributed by atoms with van der Waals surface area (Å²) >= 11 is 0. The van der Waals surface area contributed by atoms with Crippen molar-refractivity contribution in [1.82, 2.24) is 4.31 Å². The second-order valence-electron chi connectivity index (χ2n) is 12.3. The average Bonchev–Trinajstić information content (AvgIpc) is 2.91. The molecule has 0 spiro atoms. The highest BCUT2D eigenvalue weighted by Crippen LogP contribution is 2.16. The highest BCUT2D eigenvalue weighted by Gasteiger charge is 2.17. The van der Waals surface area contributed by atoms with Gasteiger partial charge in [0.2, 0.25) is 0 Å². The summed E-state index contributed by atoms with van der Waals surface area (Å²) in [5, 5.41) is 0. The smallest absolute Gasteiger partial charge is 0.273 e. The van der Waals surface area contributed by atoms with Crippen molar-refractivity contribution >= 4 is 10.3 Å². The summed E-state index contributed by atoms with van der Waals surface area (Å²) < 4.78 is 34.3. The summed E-state index contributed by atoms with van der Waals surface area (Å²) in [5.41, 5.74) is 0. The fourth-order valence-corrected chi connectivity index (χ4v) is 6.38. The lowest BCUT2D eigenvalue weighted by Crippen LogP contribution is -2.32. The molecule has 0 saturated heterocycles. The van der Waals surface area contributed by atoms with Gasteiger partial charge in [-0.2, -0.15) is 12.7 Å². The Balaban J connectivity index is 3.46. The van der Waals surface area contributed by atoms with Gasteiger partial charge in [0.15, 0.2) is 0 Å². The van der Waals surface area contributed by atoms with E-state index >= 15 is 0 Å². The maximum atomic E-state index is 11.7. The maximum absolute atomic E-state index is 11.7. The SMILES string of the molecule is CCCCCCCCCCCCCCCCCCCCCCN(CCCCCCCCCCCC)S(=O)(=O)O. The van der Waals surface area contributed by atoms with Crippen molar-refractivity contribution in [2.24, 2.45) is 0 Å².